The highest BCUT2D eigenvalue weighted by Gasteiger charge is 2.43. The number of aromatic nitrogens is 2. The van der Waals surface area contributed by atoms with Crippen LogP contribution in [0.15, 0.2) is 218 Å². The minimum Gasteiger partial charge on any atom is -0.309 e. The number of hydrogen-bond donors (Lipinski definition) is 0. The fourth-order valence-electron chi connectivity index (χ4n) is 11.0. The summed E-state index contributed by atoms with van der Waals surface area (Å²) in [6.45, 7) is 4.79. The number of benzene rings is 9. The third-order valence-electron chi connectivity index (χ3n) is 13.4. The zero-order valence-corrected chi connectivity index (χ0v) is 34.7. The SMILES string of the molecule is CC1(C)c2ccccc2-c2ccc3c(c21)c1ccccc1n3-c1ccc([Si](c2ccccc2)(c2ccccc2)c2cccc3c2c2ccccc2n3-c2ccccc2)cc1. The Morgan fingerprint density at radius 3 is 1.48 bits per heavy atom. The lowest BCUT2D eigenvalue weighted by Crippen LogP contribution is -2.74. The van der Waals surface area contributed by atoms with Gasteiger partial charge < -0.3 is 9.13 Å². The van der Waals surface area contributed by atoms with Crippen LogP contribution in [0.4, 0.5) is 0 Å². The van der Waals surface area contributed by atoms with Crippen LogP contribution in [0.3, 0.4) is 0 Å². The predicted molar refractivity (Wildman–Crippen MR) is 256 cm³/mol. The van der Waals surface area contributed by atoms with Crippen LogP contribution in [-0.4, -0.2) is 17.2 Å². The van der Waals surface area contributed by atoms with Crippen LogP contribution in [0.5, 0.6) is 0 Å². The Hall–Kier alpha value is -7.20. The van der Waals surface area contributed by atoms with E-state index >= 15 is 0 Å². The van der Waals surface area contributed by atoms with Gasteiger partial charge in [0.15, 0.2) is 8.07 Å². The number of fused-ring (bicyclic) bond motifs is 10. The van der Waals surface area contributed by atoms with Crippen LogP contribution in [0.2, 0.25) is 0 Å². The average Bonchev–Trinajstić information content (AvgIpc) is 3.91. The molecule has 0 saturated carbocycles. The Bertz CT molecular complexity index is 3390. The zero-order chi connectivity index (χ0) is 40.0. The number of para-hydroxylation sites is 3. The standard InChI is InChI=1S/C57H42N2Si/c1-57(2)48-28-15-12-25-44(48)45-37-38-52-55(56(45)57)47-27-14-17-30-50(47)59(52)40-33-35-43(36-34-40)60(41-21-8-4-9-22-41,42-23-10-5-11-24-42)53-32-18-31-51-54(53)46-26-13-16-29-49(46)58(51)39-19-6-3-7-20-39/h3-38H,1-2H3. The summed E-state index contributed by atoms with van der Waals surface area (Å²) in [5, 5.41) is 10.7. The van der Waals surface area contributed by atoms with Crippen molar-refractivity contribution >= 4 is 72.4 Å². The molecule has 1 aliphatic rings. The summed E-state index contributed by atoms with van der Waals surface area (Å²) < 4.78 is 4.95. The molecule has 0 aliphatic heterocycles. The third kappa shape index (κ3) is 4.75. The third-order valence-corrected chi connectivity index (χ3v) is 18.3. The van der Waals surface area contributed by atoms with Crippen LogP contribution < -0.4 is 20.7 Å². The van der Waals surface area contributed by atoms with E-state index in [2.05, 4.69) is 241 Å². The number of rotatable bonds is 6. The molecule has 0 saturated heterocycles. The fraction of sp³-hybridized carbons (Fsp3) is 0.0526. The number of nitrogens with zero attached hydrogens (tertiary/aromatic N) is 2. The summed E-state index contributed by atoms with van der Waals surface area (Å²) in [4.78, 5) is 0. The maximum absolute atomic E-state index is 2.98. The highest BCUT2D eigenvalue weighted by atomic mass is 28.3. The Morgan fingerprint density at radius 1 is 0.350 bits per heavy atom. The van der Waals surface area contributed by atoms with Crippen molar-refractivity contribution in [3.8, 4) is 22.5 Å². The average molecular weight is 783 g/mol. The summed E-state index contributed by atoms with van der Waals surface area (Å²) in [5.41, 5.74) is 12.7. The molecule has 1 aliphatic carbocycles. The van der Waals surface area contributed by atoms with E-state index in [0.29, 0.717) is 0 Å². The lowest BCUT2D eigenvalue weighted by Gasteiger charge is -2.35. The molecule has 3 heteroatoms. The Kier molecular flexibility index (Phi) is 7.63. The monoisotopic (exact) mass is 782 g/mol. The van der Waals surface area contributed by atoms with Crippen LogP contribution in [0.1, 0.15) is 25.0 Å². The van der Waals surface area contributed by atoms with Gasteiger partial charge >= 0.3 is 0 Å². The van der Waals surface area contributed by atoms with Crippen molar-refractivity contribution in [3.05, 3.63) is 230 Å². The van der Waals surface area contributed by atoms with Crippen LogP contribution >= 0.6 is 0 Å². The topological polar surface area (TPSA) is 9.86 Å². The van der Waals surface area contributed by atoms with Gasteiger partial charge in [-0.1, -0.05) is 184 Å². The Labute approximate surface area is 351 Å². The van der Waals surface area contributed by atoms with E-state index in [1.807, 2.05) is 0 Å². The summed E-state index contributed by atoms with van der Waals surface area (Å²) >= 11 is 0. The van der Waals surface area contributed by atoms with E-state index in [1.165, 1.54) is 98.0 Å². The summed E-state index contributed by atoms with van der Waals surface area (Å²) in [6.07, 6.45) is 0. The van der Waals surface area contributed by atoms with Gasteiger partial charge in [0.05, 0.1) is 22.1 Å². The quantitative estimate of drug-likeness (QED) is 0.117. The molecule has 0 atom stereocenters. The van der Waals surface area contributed by atoms with Crippen molar-refractivity contribution in [3.63, 3.8) is 0 Å². The first-order valence-corrected chi connectivity index (χ1v) is 23.0. The molecule has 11 aromatic rings. The van der Waals surface area contributed by atoms with E-state index in [0.717, 1.165) is 0 Å². The van der Waals surface area contributed by atoms with E-state index in [9.17, 15) is 0 Å². The fourth-order valence-corrected chi connectivity index (χ4v) is 16.0. The van der Waals surface area contributed by atoms with Gasteiger partial charge in [0, 0.05) is 38.3 Å². The van der Waals surface area contributed by atoms with Crippen molar-refractivity contribution in [1.82, 2.24) is 9.13 Å². The molecule has 2 aromatic heterocycles. The maximum atomic E-state index is 2.50. The molecule has 60 heavy (non-hydrogen) atoms. The van der Waals surface area contributed by atoms with Gasteiger partial charge in [-0.2, -0.15) is 0 Å². The van der Waals surface area contributed by atoms with Gasteiger partial charge in [-0.05, 0) is 91.5 Å². The molecule has 0 fully saturated rings. The van der Waals surface area contributed by atoms with Crippen molar-refractivity contribution in [2.75, 3.05) is 0 Å². The second kappa shape index (κ2) is 13.2. The Balaban J connectivity index is 1.14. The normalized spacial score (nSPS) is 13.3. The minimum atomic E-state index is -2.98. The van der Waals surface area contributed by atoms with Gasteiger partial charge in [0.2, 0.25) is 0 Å². The van der Waals surface area contributed by atoms with Crippen LogP contribution in [0, 0.1) is 0 Å². The van der Waals surface area contributed by atoms with Gasteiger partial charge in [-0.3, -0.25) is 0 Å². The molecular weight excluding hydrogens is 741 g/mol. The summed E-state index contributed by atoms with van der Waals surface area (Å²) in [5.74, 6) is 0. The van der Waals surface area contributed by atoms with Crippen molar-refractivity contribution in [1.29, 1.82) is 0 Å². The largest absolute Gasteiger partial charge is 0.309 e. The molecule has 0 unspecified atom stereocenters. The smallest absolute Gasteiger partial charge is 0.180 e. The molecule has 0 bridgehead atoms. The van der Waals surface area contributed by atoms with Crippen LogP contribution in [-0.2, 0) is 5.41 Å². The van der Waals surface area contributed by atoms with Crippen LogP contribution in [0.25, 0.3) is 66.1 Å². The second-order valence-corrected chi connectivity index (χ2v) is 20.6. The minimum absolute atomic E-state index is 0.120. The molecule has 2 nitrogen and oxygen atoms in total. The lowest BCUT2D eigenvalue weighted by atomic mass is 9.80. The number of hydrogen-bond acceptors (Lipinski definition) is 0. The molecule has 284 valence electrons. The molecule has 12 rings (SSSR count). The predicted octanol–water partition coefficient (Wildman–Crippen LogP) is 11.6. The van der Waals surface area contributed by atoms with Crippen molar-refractivity contribution < 1.29 is 0 Å². The van der Waals surface area contributed by atoms with Crippen molar-refractivity contribution in [2.45, 2.75) is 19.3 Å². The molecule has 2 heterocycles. The lowest BCUT2D eigenvalue weighted by molar-refractivity contribution is 0.666. The van der Waals surface area contributed by atoms with Gasteiger partial charge in [-0.15, -0.1) is 0 Å². The summed E-state index contributed by atoms with van der Waals surface area (Å²) in [7, 11) is -2.98. The highest BCUT2D eigenvalue weighted by molar-refractivity contribution is 7.20. The van der Waals surface area contributed by atoms with Gasteiger partial charge in [0.25, 0.3) is 0 Å². The van der Waals surface area contributed by atoms with E-state index in [4.69, 9.17) is 0 Å². The first kappa shape index (κ1) is 34.8. The van der Waals surface area contributed by atoms with Gasteiger partial charge in [-0.25, -0.2) is 0 Å². The molecule has 0 amide bonds. The van der Waals surface area contributed by atoms with E-state index in [-0.39, 0.29) is 5.41 Å². The molecule has 0 N–H and O–H groups in total. The zero-order valence-electron chi connectivity index (χ0n) is 33.7. The molecular formula is C57H42N2Si. The molecule has 9 aromatic carbocycles. The second-order valence-electron chi connectivity index (χ2n) is 16.8. The van der Waals surface area contributed by atoms with Crippen molar-refractivity contribution in [2.24, 2.45) is 0 Å². The van der Waals surface area contributed by atoms with E-state index in [1.54, 1.807) is 0 Å². The van der Waals surface area contributed by atoms with Gasteiger partial charge in [0.1, 0.15) is 0 Å². The highest BCUT2D eigenvalue weighted by Crippen LogP contribution is 2.53. The molecule has 0 spiro atoms. The summed E-state index contributed by atoms with van der Waals surface area (Å²) in [6, 6.07) is 81.8. The maximum Gasteiger partial charge on any atom is 0.180 e. The first-order chi connectivity index (χ1) is 29.6. The molecule has 0 radical (unpaired) electrons. The first-order valence-electron chi connectivity index (χ1n) is 21.0. The Morgan fingerprint density at radius 2 is 0.833 bits per heavy atom. The van der Waals surface area contributed by atoms with E-state index < -0.39 is 8.07 Å².